The van der Waals surface area contributed by atoms with Crippen molar-refractivity contribution >= 4 is 29.1 Å². The number of carbonyl (C=O) groups is 2. The van der Waals surface area contributed by atoms with Gasteiger partial charge in [-0.3, -0.25) is 14.5 Å². The molecule has 1 aliphatic carbocycles. The van der Waals surface area contributed by atoms with Crippen molar-refractivity contribution in [2.24, 2.45) is 11.8 Å². The van der Waals surface area contributed by atoms with E-state index in [1.54, 1.807) is 0 Å². The normalized spacial score (nSPS) is 26.7. The van der Waals surface area contributed by atoms with E-state index in [2.05, 4.69) is 22.0 Å². The Hall–Kier alpha value is -1.63. The fourth-order valence-electron chi connectivity index (χ4n) is 6.33. The second-order valence-electron chi connectivity index (χ2n) is 10.4. The van der Waals surface area contributed by atoms with E-state index in [1.165, 1.54) is 12.8 Å². The number of likely N-dealkylation sites (tertiary alicyclic amines) is 1. The van der Waals surface area contributed by atoms with Crippen LogP contribution in [-0.2, 0) is 20.9 Å². The number of piperazine rings is 1. The van der Waals surface area contributed by atoms with E-state index in [4.69, 9.17) is 16.3 Å². The lowest BCUT2D eigenvalue weighted by Crippen LogP contribution is -2.56. The maximum Gasteiger partial charge on any atom is 0.227 e. The molecule has 0 aromatic heterocycles. The molecule has 1 saturated carbocycles. The van der Waals surface area contributed by atoms with E-state index < -0.39 is 0 Å². The Balaban J connectivity index is 1.25. The molecule has 5 rings (SSSR count). The van der Waals surface area contributed by atoms with Crippen molar-refractivity contribution in [1.82, 2.24) is 9.80 Å². The molecular weight excluding hydrogens is 438 g/mol. The summed E-state index contributed by atoms with van der Waals surface area (Å²) in [5.74, 6) is 0.738. The van der Waals surface area contributed by atoms with E-state index in [0.29, 0.717) is 36.2 Å². The lowest BCUT2D eigenvalue weighted by molar-refractivity contribution is -0.141. The van der Waals surface area contributed by atoms with E-state index in [0.717, 1.165) is 75.0 Å². The number of fused-ring (bicyclic) bond motifs is 2. The Bertz CT molecular complexity index is 881. The van der Waals surface area contributed by atoms with Crippen LogP contribution in [0.25, 0.3) is 0 Å². The molecule has 2 atom stereocenters. The summed E-state index contributed by atoms with van der Waals surface area (Å²) in [5.41, 5.74) is 3.04. The number of hydrogen-bond donors (Lipinski definition) is 1. The van der Waals surface area contributed by atoms with Gasteiger partial charge in [-0.15, -0.1) is 0 Å². The Morgan fingerprint density at radius 1 is 1.00 bits per heavy atom. The molecule has 4 aliphatic rings. The third-order valence-electron chi connectivity index (χ3n) is 8.24. The van der Waals surface area contributed by atoms with Crippen molar-refractivity contribution in [1.29, 1.82) is 0 Å². The molecule has 4 fully saturated rings. The number of rotatable bonds is 5. The van der Waals surface area contributed by atoms with Gasteiger partial charge in [-0.2, -0.15) is 0 Å². The van der Waals surface area contributed by atoms with E-state index >= 15 is 0 Å². The van der Waals surface area contributed by atoms with Crippen molar-refractivity contribution in [2.75, 3.05) is 31.6 Å². The highest BCUT2D eigenvalue weighted by molar-refractivity contribution is 6.31. The van der Waals surface area contributed by atoms with Crippen molar-refractivity contribution in [3.63, 3.8) is 0 Å². The minimum Gasteiger partial charge on any atom is -0.381 e. The predicted octanol–water partition coefficient (Wildman–Crippen LogP) is 4.38. The Kier molecular flexibility index (Phi) is 6.96. The SMILES string of the molecule is Cc1c(CN2CC3CCC(C2)N3C(=O)C2CCCC2)cc(Cl)cc1NC(=O)C1CCOCC1. The maximum absolute atomic E-state index is 13.1. The van der Waals surface area contributed by atoms with Gasteiger partial charge in [-0.25, -0.2) is 0 Å². The first-order valence-electron chi connectivity index (χ1n) is 12.7. The van der Waals surface area contributed by atoms with E-state index in [9.17, 15) is 9.59 Å². The number of hydrogen-bond acceptors (Lipinski definition) is 4. The van der Waals surface area contributed by atoms with Crippen molar-refractivity contribution < 1.29 is 14.3 Å². The maximum atomic E-state index is 13.1. The largest absolute Gasteiger partial charge is 0.381 e. The molecule has 2 unspecified atom stereocenters. The van der Waals surface area contributed by atoms with E-state index in [1.807, 2.05) is 12.1 Å². The molecule has 2 amide bonds. The number of nitrogens with zero attached hydrogens (tertiary/aromatic N) is 2. The van der Waals surface area contributed by atoms with Gasteiger partial charge in [0, 0.05) is 67.5 Å². The van der Waals surface area contributed by atoms with Gasteiger partial charge in [0.2, 0.25) is 11.8 Å². The van der Waals surface area contributed by atoms with Crippen LogP contribution in [0.2, 0.25) is 5.02 Å². The zero-order valence-electron chi connectivity index (χ0n) is 19.7. The Morgan fingerprint density at radius 2 is 1.67 bits per heavy atom. The number of halogens is 1. The lowest BCUT2D eigenvalue weighted by atomic mass is 9.98. The van der Waals surface area contributed by atoms with Crippen LogP contribution >= 0.6 is 11.6 Å². The van der Waals surface area contributed by atoms with Gasteiger partial charge in [-0.1, -0.05) is 24.4 Å². The van der Waals surface area contributed by atoms with Crippen LogP contribution in [0.3, 0.4) is 0 Å². The van der Waals surface area contributed by atoms with Crippen LogP contribution in [-0.4, -0.2) is 60.0 Å². The van der Waals surface area contributed by atoms with Gasteiger partial charge < -0.3 is 15.0 Å². The summed E-state index contributed by atoms with van der Waals surface area (Å²) < 4.78 is 5.39. The minimum absolute atomic E-state index is 0.00156. The summed E-state index contributed by atoms with van der Waals surface area (Å²) in [6.45, 7) is 6.00. The summed E-state index contributed by atoms with van der Waals surface area (Å²) in [4.78, 5) is 30.6. The third-order valence-corrected chi connectivity index (χ3v) is 8.46. The number of carbonyl (C=O) groups excluding carboxylic acids is 2. The summed E-state index contributed by atoms with van der Waals surface area (Å²) in [5, 5.41) is 3.78. The summed E-state index contributed by atoms with van der Waals surface area (Å²) >= 11 is 6.47. The van der Waals surface area contributed by atoms with Gasteiger partial charge in [-0.05, 0) is 68.7 Å². The minimum atomic E-state index is 0.00156. The Morgan fingerprint density at radius 3 is 2.33 bits per heavy atom. The summed E-state index contributed by atoms with van der Waals surface area (Å²) in [6, 6.07) is 4.56. The van der Waals surface area contributed by atoms with Crippen LogP contribution in [0.4, 0.5) is 5.69 Å². The standard InChI is InChI=1S/C26H36ClN3O3/c1-17-20(12-21(27)13-24(17)28-25(31)18-8-10-33-11-9-18)14-29-15-22-6-7-23(16-29)30(22)26(32)19-4-2-3-5-19/h12-13,18-19,22-23H,2-11,14-16H2,1H3,(H,28,31). The number of benzene rings is 1. The quantitative estimate of drug-likeness (QED) is 0.689. The summed E-state index contributed by atoms with van der Waals surface area (Å²) in [6.07, 6.45) is 8.31. The molecule has 1 N–H and O–H groups in total. The highest BCUT2D eigenvalue weighted by Crippen LogP contribution is 2.36. The number of anilines is 1. The van der Waals surface area contributed by atoms with Crippen LogP contribution in [0.1, 0.15) is 62.5 Å². The van der Waals surface area contributed by atoms with Crippen molar-refractivity contribution in [2.45, 2.75) is 76.9 Å². The molecule has 3 heterocycles. The first-order chi connectivity index (χ1) is 16.0. The lowest BCUT2D eigenvalue weighted by Gasteiger charge is -2.42. The number of ether oxygens (including phenoxy) is 1. The first-order valence-corrected chi connectivity index (χ1v) is 13.1. The molecule has 1 aromatic rings. The fraction of sp³-hybridized carbons (Fsp3) is 0.692. The third kappa shape index (κ3) is 4.94. The number of nitrogens with one attached hydrogen (secondary N) is 1. The first kappa shape index (κ1) is 23.1. The van der Waals surface area contributed by atoms with Crippen molar-refractivity contribution in [3.8, 4) is 0 Å². The molecule has 1 aromatic carbocycles. The van der Waals surface area contributed by atoms with Crippen LogP contribution in [0.15, 0.2) is 12.1 Å². The average Bonchev–Trinajstić information content (AvgIpc) is 3.44. The summed E-state index contributed by atoms with van der Waals surface area (Å²) in [7, 11) is 0. The molecule has 3 saturated heterocycles. The highest BCUT2D eigenvalue weighted by atomic mass is 35.5. The van der Waals surface area contributed by atoms with Gasteiger partial charge in [0.25, 0.3) is 0 Å². The van der Waals surface area contributed by atoms with Crippen LogP contribution in [0.5, 0.6) is 0 Å². The van der Waals surface area contributed by atoms with Gasteiger partial charge in [0.05, 0.1) is 0 Å². The molecule has 180 valence electrons. The van der Waals surface area contributed by atoms with Crippen LogP contribution < -0.4 is 5.32 Å². The zero-order valence-corrected chi connectivity index (χ0v) is 20.4. The molecule has 0 spiro atoms. The monoisotopic (exact) mass is 473 g/mol. The van der Waals surface area contributed by atoms with Crippen LogP contribution in [0, 0.1) is 18.8 Å². The van der Waals surface area contributed by atoms with Gasteiger partial charge in [0.1, 0.15) is 0 Å². The topological polar surface area (TPSA) is 61.9 Å². The zero-order chi connectivity index (χ0) is 22.9. The molecular formula is C26H36ClN3O3. The van der Waals surface area contributed by atoms with Crippen molar-refractivity contribution in [3.05, 3.63) is 28.3 Å². The molecule has 6 nitrogen and oxygen atoms in total. The molecule has 33 heavy (non-hydrogen) atoms. The highest BCUT2D eigenvalue weighted by Gasteiger charge is 2.44. The number of amides is 2. The molecule has 7 heteroatoms. The Labute approximate surface area is 202 Å². The molecule has 0 radical (unpaired) electrons. The molecule has 3 aliphatic heterocycles. The van der Waals surface area contributed by atoms with E-state index in [-0.39, 0.29) is 17.7 Å². The van der Waals surface area contributed by atoms with Gasteiger partial charge >= 0.3 is 0 Å². The van der Waals surface area contributed by atoms with Gasteiger partial charge in [0.15, 0.2) is 0 Å². The smallest absolute Gasteiger partial charge is 0.227 e. The predicted molar refractivity (Wildman–Crippen MR) is 129 cm³/mol. The average molecular weight is 474 g/mol. The fourth-order valence-corrected chi connectivity index (χ4v) is 6.57. The second-order valence-corrected chi connectivity index (χ2v) is 10.9. The molecule has 2 bridgehead atoms. The second kappa shape index (κ2) is 9.93.